The zero-order valence-corrected chi connectivity index (χ0v) is 21.3. The van der Waals surface area contributed by atoms with Gasteiger partial charge in [-0.05, 0) is 100 Å². The van der Waals surface area contributed by atoms with Crippen LogP contribution >= 0.6 is 0 Å². The number of ether oxygens (including phenoxy) is 2. The van der Waals surface area contributed by atoms with E-state index in [2.05, 4.69) is 16.2 Å². The number of hydrogen-bond acceptors (Lipinski definition) is 5. The molecule has 0 aliphatic heterocycles. The van der Waals surface area contributed by atoms with Crippen molar-refractivity contribution in [2.24, 2.45) is 29.1 Å². The van der Waals surface area contributed by atoms with Crippen molar-refractivity contribution in [3.63, 3.8) is 0 Å². The van der Waals surface area contributed by atoms with Crippen LogP contribution in [0.5, 0.6) is 11.5 Å². The van der Waals surface area contributed by atoms with Gasteiger partial charge in [0, 0.05) is 5.41 Å². The normalized spacial score (nSPS) is 28.2. The van der Waals surface area contributed by atoms with Gasteiger partial charge in [-0.15, -0.1) is 0 Å². The van der Waals surface area contributed by atoms with E-state index in [-0.39, 0.29) is 17.2 Å². The largest absolute Gasteiger partial charge is 0.494 e. The van der Waals surface area contributed by atoms with Crippen molar-refractivity contribution in [3.05, 3.63) is 24.3 Å². The van der Waals surface area contributed by atoms with Crippen LogP contribution in [-0.4, -0.2) is 36.5 Å². The standard InChI is InChI=1S/C27H39N3O5/c1-5-34-21-6-8-22(9-7-21)35-17(4)24(31)29-30-25(32)23(16(2)3)28-26(33)27-13-18-10-19(14-27)12-20(11-18)15-27/h6-9,16-20,23H,5,10-15H2,1-4H3,(H,28,33)(H,29,31)(H,30,32)/t17-,18?,19?,20?,23-,27?/m1/s1. The third kappa shape index (κ3) is 5.73. The lowest BCUT2D eigenvalue weighted by atomic mass is 9.49. The molecule has 1 aromatic rings. The van der Waals surface area contributed by atoms with Gasteiger partial charge in [0.05, 0.1) is 6.61 Å². The maximum atomic E-state index is 13.4. The first-order valence-electron chi connectivity index (χ1n) is 13.0. The second-order valence-electron chi connectivity index (χ2n) is 11.0. The zero-order valence-electron chi connectivity index (χ0n) is 21.3. The van der Waals surface area contributed by atoms with E-state index in [1.165, 1.54) is 19.3 Å². The highest BCUT2D eigenvalue weighted by atomic mass is 16.5. The van der Waals surface area contributed by atoms with E-state index in [0.717, 1.165) is 25.0 Å². The second kappa shape index (κ2) is 10.5. The van der Waals surface area contributed by atoms with Crippen molar-refractivity contribution in [1.82, 2.24) is 16.2 Å². The molecule has 0 aromatic heterocycles. The van der Waals surface area contributed by atoms with Crippen molar-refractivity contribution >= 4 is 17.7 Å². The highest BCUT2D eigenvalue weighted by molar-refractivity contribution is 5.92. The van der Waals surface area contributed by atoms with Crippen LogP contribution in [0.1, 0.15) is 66.2 Å². The van der Waals surface area contributed by atoms with E-state index in [1.807, 2.05) is 20.8 Å². The maximum Gasteiger partial charge on any atom is 0.279 e. The third-order valence-corrected chi connectivity index (χ3v) is 7.88. The summed E-state index contributed by atoms with van der Waals surface area (Å²) in [6.45, 7) is 7.86. The Balaban J connectivity index is 1.29. The first-order chi connectivity index (χ1) is 16.7. The molecule has 0 heterocycles. The predicted octanol–water partition coefficient (Wildman–Crippen LogP) is 3.36. The van der Waals surface area contributed by atoms with Crippen LogP contribution in [0.15, 0.2) is 24.3 Å². The van der Waals surface area contributed by atoms with Crippen molar-refractivity contribution in [1.29, 1.82) is 0 Å². The van der Waals surface area contributed by atoms with Gasteiger partial charge in [0.1, 0.15) is 17.5 Å². The predicted molar refractivity (Wildman–Crippen MR) is 131 cm³/mol. The average molecular weight is 486 g/mol. The van der Waals surface area contributed by atoms with Crippen LogP contribution in [-0.2, 0) is 14.4 Å². The Morgan fingerprint density at radius 1 is 0.886 bits per heavy atom. The summed E-state index contributed by atoms with van der Waals surface area (Å²) in [5.74, 6) is 2.15. The van der Waals surface area contributed by atoms with E-state index in [9.17, 15) is 14.4 Å². The molecule has 0 radical (unpaired) electrons. The summed E-state index contributed by atoms with van der Waals surface area (Å²) in [7, 11) is 0. The van der Waals surface area contributed by atoms with Crippen LogP contribution < -0.4 is 25.6 Å². The molecule has 4 aliphatic carbocycles. The van der Waals surface area contributed by atoms with Gasteiger partial charge in [0.15, 0.2) is 6.10 Å². The molecule has 4 saturated carbocycles. The van der Waals surface area contributed by atoms with Gasteiger partial charge in [0.2, 0.25) is 5.91 Å². The summed E-state index contributed by atoms with van der Waals surface area (Å²) in [6.07, 6.45) is 5.75. The van der Waals surface area contributed by atoms with Crippen molar-refractivity contribution < 1.29 is 23.9 Å². The lowest BCUT2D eigenvalue weighted by Crippen LogP contribution is -2.60. The van der Waals surface area contributed by atoms with E-state index in [1.54, 1.807) is 31.2 Å². The van der Waals surface area contributed by atoms with Gasteiger partial charge in [-0.2, -0.15) is 0 Å². The van der Waals surface area contributed by atoms with Crippen LogP contribution in [0.4, 0.5) is 0 Å². The smallest absolute Gasteiger partial charge is 0.279 e. The zero-order chi connectivity index (χ0) is 25.2. The van der Waals surface area contributed by atoms with Gasteiger partial charge >= 0.3 is 0 Å². The lowest BCUT2D eigenvalue weighted by molar-refractivity contribution is -0.149. The minimum absolute atomic E-state index is 0.00368. The van der Waals surface area contributed by atoms with E-state index in [0.29, 0.717) is 30.1 Å². The van der Waals surface area contributed by atoms with Gasteiger partial charge in [-0.3, -0.25) is 25.2 Å². The quantitative estimate of drug-likeness (QED) is 0.465. The van der Waals surface area contributed by atoms with E-state index >= 15 is 0 Å². The topological polar surface area (TPSA) is 106 Å². The van der Waals surface area contributed by atoms with Crippen molar-refractivity contribution in [2.45, 2.75) is 78.4 Å². The Morgan fingerprint density at radius 2 is 1.40 bits per heavy atom. The molecule has 5 rings (SSSR count). The molecule has 2 atom stereocenters. The van der Waals surface area contributed by atoms with Gasteiger partial charge in [-0.1, -0.05) is 13.8 Å². The molecule has 35 heavy (non-hydrogen) atoms. The van der Waals surface area contributed by atoms with Crippen LogP contribution in [0.3, 0.4) is 0 Å². The number of nitrogens with one attached hydrogen (secondary N) is 3. The SMILES string of the molecule is CCOc1ccc(O[C@H](C)C(=O)NNC(=O)[C@H](NC(=O)C23CC4CC(CC(C4)C2)C3)C(C)C)cc1. The molecule has 4 fully saturated rings. The molecular formula is C27H39N3O5. The fourth-order valence-corrected chi connectivity index (χ4v) is 6.56. The number of rotatable bonds is 9. The minimum Gasteiger partial charge on any atom is -0.494 e. The molecule has 0 spiro atoms. The maximum absolute atomic E-state index is 13.4. The third-order valence-electron chi connectivity index (χ3n) is 7.88. The van der Waals surface area contributed by atoms with Gasteiger partial charge in [-0.25, -0.2) is 0 Å². The highest BCUT2D eigenvalue weighted by Gasteiger charge is 2.55. The molecule has 192 valence electrons. The number of amides is 3. The number of benzene rings is 1. The monoisotopic (exact) mass is 485 g/mol. The summed E-state index contributed by atoms with van der Waals surface area (Å²) in [5, 5.41) is 3.04. The van der Waals surface area contributed by atoms with Crippen molar-refractivity contribution in [2.75, 3.05) is 6.61 Å². The van der Waals surface area contributed by atoms with Crippen LogP contribution in [0.25, 0.3) is 0 Å². The van der Waals surface area contributed by atoms with Crippen molar-refractivity contribution in [3.8, 4) is 11.5 Å². The molecule has 1 aromatic carbocycles. The Labute approximate surface area is 207 Å². The highest BCUT2D eigenvalue weighted by Crippen LogP contribution is 2.60. The average Bonchev–Trinajstić information content (AvgIpc) is 2.81. The summed E-state index contributed by atoms with van der Waals surface area (Å²) < 4.78 is 11.1. The molecule has 4 aliphatic rings. The first kappa shape index (κ1) is 25.3. The molecular weight excluding hydrogens is 446 g/mol. The summed E-state index contributed by atoms with van der Waals surface area (Å²) in [6, 6.07) is 6.26. The second-order valence-corrected chi connectivity index (χ2v) is 11.0. The number of carbonyl (C=O) groups is 3. The Morgan fingerprint density at radius 3 is 1.91 bits per heavy atom. The Kier molecular flexibility index (Phi) is 7.57. The summed E-state index contributed by atoms with van der Waals surface area (Å²) in [4.78, 5) is 38.9. The van der Waals surface area contributed by atoms with E-state index in [4.69, 9.17) is 9.47 Å². The summed E-state index contributed by atoms with van der Waals surface area (Å²) >= 11 is 0. The molecule has 8 nitrogen and oxygen atoms in total. The number of hydrogen-bond donors (Lipinski definition) is 3. The van der Waals surface area contributed by atoms with Crippen LogP contribution in [0, 0.1) is 29.1 Å². The Bertz CT molecular complexity index is 894. The summed E-state index contributed by atoms with van der Waals surface area (Å²) in [5.41, 5.74) is 4.59. The molecule has 0 saturated heterocycles. The molecule has 8 heteroatoms. The Hall–Kier alpha value is -2.77. The minimum atomic E-state index is -0.827. The fourth-order valence-electron chi connectivity index (χ4n) is 6.56. The molecule has 0 unspecified atom stereocenters. The first-order valence-corrected chi connectivity index (χ1v) is 13.0. The van der Waals surface area contributed by atoms with Gasteiger partial charge in [0.25, 0.3) is 11.8 Å². The molecule has 3 amide bonds. The van der Waals surface area contributed by atoms with Gasteiger partial charge < -0.3 is 14.8 Å². The van der Waals surface area contributed by atoms with E-state index < -0.39 is 24.0 Å². The van der Waals surface area contributed by atoms with Crippen LogP contribution in [0.2, 0.25) is 0 Å². The fraction of sp³-hybridized carbons (Fsp3) is 0.667. The molecule has 3 N–H and O–H groups in total. The number of hydrazine groups is 1. The number of carbonyl (C=O) groups excluding carboxylic acids is 3. The lowest BCUT2D eigenvalue weighted by Gasteiger charge is -2.55. The molecule has 4 bridgehead atoms.